The zero-order valence-corrected chi connectivity index (χ0v) is 11.3. The van der Waals surface area contributed by atoms with E-state index < -0.39 is 0 Å². The van der Waals surface area contributed by atoms with Crippen LogP contribution in [0.2, 0.25) is 0 Å². The molecular formula is C10H21IN2O. The molecule has 1 fully saturated rings. The molecule has 84 valence electrons. The molecule has 0 saturated carbocycles. The van der Waals surface area contributed by atoms with E-state index in [9.17, 15) is 0 Å². The van der Waals surface area contributed by atoms with Gasteiger partial charge in [0.1, 0.15) is 0 Å². The average molecular weight is 312 g/mol. The Morgan fingerprint density at radius 1 is 1.57 bits per heavy atom. The minimum Gasteiger partial charge on any atom is -0.374 e. The Morgan fingerprint density at radius 2 is 2.36 bits per heavy atom. The van der Waals surface area contributed by atoms with Gasteiger partial charge < -0.3 is 10.1 Å². The lowest BCUT2D eigenvalue weighted by molar-refractivity contribution is -0.0368. The third-order valence-electron chi connectivity index (χ3n) is 2.54. The topological polar surface area (TPSA) is 24.5 Å². The molecule has 1 heterocycles. The highest BCUT2D eigenvalue weighted by Crippen LogP contribution is 2.07. The van der Waals surface area contributed by atoms with Gasteiger partial charge in [-0.15, -0.1) is 0 Å². The lowest BCUT2D eigenvalue weighted by Gasteiger charge is -2.35. The predicted molar refractivity (Wildman–Crippen MR) is 68.2 cm³/mol. The summed E-state index contributed by atoms with van der Waals surface area (Å²) in [4.78, 5) is 2.49. The summed E-state index contributed by atoms with van der Waals surface area (Å²) in [5, 5.41) is 3.41. The van der Waals surface area contributed by atoms with Crippen molar-refractivity contribution < 1.29 is 4.74 Å². The van der Waals surface area contributed by atoms with E-state index in [1.165, 1.54) is 4.43 Å². The Bertz CT molecular complexity index is 155. The van der Waals surface area contributed by atoms with E-state index in [1.807, 2.05) is 0 Å². The lowest BCUT2D eigenvalue weighted by atomic mass is 10.2. The highest BCUT2D eigenvalue weighted by Gasteiger charge is 2.21. The molecule has 4 heteroatoms. The molecular weight excluding hydrogens is 291 g/mol. The molecule has 1 saturated heterocycles. The lowest BCUT2D eigenvalue weighted by Crippen LogP contribution is -2.49. The molecule has 0 bridgehead atoms. The van der Waals surface area contributed by atoms with Gasteiger partial charge in [-0.3, -0.25) is 4.90 Å². The van der Waals surface area contributed by atoms with Gasteiger partial charge in [0, 0.05) is 36.6 Å². The van der Waals surface area contributed by atoms with Crippen molar-refractivity contribution in [3.63, 3.8) is 0 Å². The molecule has 0 aromatic carbocycles. The molecule has 0 radical (unpaired) electrons. The predicted octanol–water partition coefficient (Wildman–Crippen LogP) is 1.12. The number of hydrogen-bond acceptors (Lipinski definition) is 3. The molecule has 1 aliphatic rings. The van der Waals surface area contributed by atoms with E-state index in [-0.39, 0.29) is 0 Å². The van der Waals surface area contributed by atoms with Crippen LogP contribution in [0.3, 0.4) is 0 Å². The Labute approximate surface area is 101 Å². The van der Waals surface area contributed by atoms with Gasteiger partial charge in [0.05, 0.1) is 12.7 Å². The summed E-state index contributed by atoms with van der Waals surface area (Å²) >= 11 is 2.38. The van der Waals surface area contributed by atoms with E-state index in [4.69, 9.17) is 4.74 Å². The monoisotopic (exact) mass is 312 g/mol. The van der Waals surface area contributed by atoms with Crippen molar-refractivity contribution in [1.82, 2.24) is 10.2 Å². The SMILES string of the molecule is CC(C)N1CCOC(CNCCI)C1. The van der Waals surface area contributed by atoms with Gasteiger partial charge in [0.15, 0.2) is 0 Å². The van der Waals surface area contributed by atoms with E-state index in [2.05, 4.69) is 46.7 Å². The van der Waals surface area contributed by atoms with Crippen LogP contribution in [0.25, 0.3) is 0 Å². The molecule has 14 heavy (non-hydrogen) atoms. The maximum atomic E-state index is 5.70. The quantitative estimate of drug-likeness (QED) is 0.468. The first-order valence-electron chi connectivity index (χ1n) is 5.36. The van der Waals surface area contributed by atoms with Gasteiger partial charge in [-0.25, -0.2) is 0 Å². The molecule has 0 amide bonds. The van der Waals surface area contributed by atoms with Crippen LogP contribution in [0.4, 0.5) is 0 Å². The van der Waals surface area contributed by atoms with Crippen LogP contribution in [0.15, 0.2) is 0 Å². The normalized spacial score (nSPS) is 24.4. The average Bonchev–Trinajstić information content (AvgIpc) is 2.19. The van der Waals surface area contributed by atoms with Crippen molar-refractivity contribution in [2.24, 2.45) is 0 Å². The van der Waals surface area contributed by atoms with Gasteiger partial charge in [-0.05, 0) is 13.8 Å². The molecule has 1 N–H and O–H groups in total. The zero-order valence-electron chi connectivity index (χ0n) is 9.13. The summed E-state index contributed by atoms with van der Waals surface area (Å²) in [6.45, 7) is 9.62. The second kappa shape index (κ2) is 6.98. The first-order valence-corrected chi connectivity index (χ1v) is 6.89. The van der Waals surface area contributed by atoms with Crippen molar-refractivity contribution in [1.29, 1.82) is 0 Å². The molecule has 0 aromatic heterocycles. The van der Waals surface area contributed by atoms with Crippen molar-refractivity contribution in [3.8, 4) is 0 Å². The minimum absolute atomic E-state index is 0.383. The third kappa shape index (κ3) is 4.42. The van der Waals surface area contributed by atoms with E-state index in [1.54, 1.807) is 0 Å². The number of hydrogen-bond donors (Lipinski definition) is 1. The second-order valence-electron chi connectivity index (χ2n) is 3.97. The molecule has 1 rings (SSSR count). The van der Waals surface area contributed by atoms with Crippen LogP contribution in [-0.4, -0.2) is 54.3 Å². The van der Waals surface area contributed by atoms with Crippen molar-refractivity contribution in [2.75, 3.05) is 37.2 Å². The Morgan fingerprint density at radius 3 is 3.00 bits per heavy atom. The smallest absolute Gasteiger partial charge is 0.0826 e. The maximum absolute atomic E-state index is 5.70. The number of alkyl halides is 1. The number of morpholine rings is 1. The fraction of sp³-hybridized carbons (Fsp3) is 1.00. The summed E-state index contributed by atoms with van der Waals surface area (Å²) in [6.07, 6.45) is 0.383. The molecule has 0 aliphatic carbocycles. The van der Waals surface area contributed by atoms with Crippen LogP contribution in [-0.2, 0) is 4.74 Å². The fourth-order valence-corrected chi connectivity index (χ4v) is 2.05. The van der Waals surface area contributed by atoms with E-state index in [0.29, 0.717) is 12.1 Å². The fourth-order valence-electron chi connectivity index (χ4n) is 1.66. The molecule has 1 unspecified atom stereocenters. The number of rotatable bonds is 5. The summed E-state index contributed by atoms with van der Waals surface area (Å²) in [5.74, 6) is 0. The molecule has 0 spiro atoms. The summed E-state index contributed by atoms with van der Waals surface area (Å²) < 4.78 is 6.86. The maximum Gasteiger partial charge on any atom is 0.0826 e. The summed E-state index contributed by atoms with van der Waals surface area (Å²) in [7, 11) is 0. The number of ether oxygens (including phenoxy) is 1. The van der Waals surface area contributed by atoms with Crippen molar-refractivity contribution >= 4 is 22.6 Å². The molecule has 1 atom stereocenters. The first kappa shape index (κ1) is 12.7. The van der Waals surface area contributed by atoms with E-state index >= 15 is 0 Å². The van der Waals surface area contributed by atoms with Crippen molar-refractivity contribution in [2.45, 2.75) is 26.0 Å². The van der Waals surface area contributed by atoms with Gasteiger partial charge in [0.25, 0.3) is 0 Å². The van der Waals surface area contributed by atoms with Crippen LogP contribution in [0.1, 0.15) is 13.8 Å². The van der Waals surface area contributed by atoms with Crippen LogP contribution >= 0.6 is 22.6 Å². The highest BCUT2D eigenvalue weighted by molar-refractivity contribution is 14.1. The minimum atomic E-state index is 0.383. The Balaban J connectivity index is 2.19. The molecule has 0 aromatic rings. The molecule has 3 nitrogen and oxygen atoms in total. The number of nitrogens with zero attached hydrogens (tertiary/aromatic N) is 1. The Hall–Kier alpha value is 0.610. The van der Waals surface area contributed by atoms with Crippen LogP contribution < -0.4 is 5.32 Å². The van der Waals surface area contributed by atoms with Gasteiger partial charge in [-0.2, -0.15) is 0 Å². The van der Waals surface area contributed by atoms with Crippen LogP contribution in [0, 0.1) is 0 Å². The standard InChI is InChI=1S/C10H21IN2O/c1-9(2)13-5-6-14-10(8-13)7-12-4-3-11/h9-10,12H,3-8H2,1-2H3. The van der Waals surface area contributed by atoms with Crippen molar-refractivity contribution in [3.05, 3.63) is 0 Å². The number of halogens is 1. The zero-order chi connectivity index (χ0) is 10.4. The summed E-state index contributed by atoms with van der Waals surface area (Å²) in [6, 6.07) is 0.644. The summed E-state index contributed by atoms with van der Waals surface area (Å²) in [5.41, 5.74) is 0. The number of nitrogens with one attached hydrogen (secondary N) is 1. The van der Waals surface area contributed by atoms with Gasteiger partial charge >= 0.3 is 0 Å². The second-order valence-corrected chi connectivity index (χ2v) is 5.05. The van der Waals surface area contributed by atoms with E-state index in [0.717, 1.165) is 32.8 Å². The first-order chi connectivity index (χ1) is 6.74. The largest absolute Gasteiger partial charge is 0.374 e. The third-order valence-corrected chi connectivity index (χ3v) is 3.08. The highest BCUT2D eigenvalue weighted by atomic mass is 127. The Kier molecular flexibility index (Phi) is 6.32. The van der Waals surface area contributed by atoms with Gasteiger partial charge in [0.2, 0.25) is 0 Å². The van der Waals surface area contributed by atoms with Gasteiger partial charge in [-0.1, -0.05) is 22.6 Å². The van der Waals surface area contributed by atoms with Crippen LogP contribution in [0.5, 0.6) is 0 Å². The molecule has 1 aliphatic heterocycles.